The average Bonchev–Trinajstić information content (AvgIpc) is 2.35. The highest BCUT2D eigenvalue weighted by Gasteiger charge is 2.22. The highest BCUT2D eigenvalue weighted by atomic mass is 16.6. The molecule has 1 atom stereocenters. The van der Waals surface area contributed by atoms with Gasteiger partial charge in [0.25, 0.3) is 0 Å². The van der Waals surface area contributed by atoms with Crippen LogP contribution in [0.15, 0.2) is 0 Å². The Morgan fingerprint density at radius 2 is 1.85 bits per heavy atom. The molecule has 116 valence electrons. The van der Waals surface area contributed by atoms with Crippen LogP contribution in [0.2, 0.25) is 0 Å². The van der Waals surface area contributed by atoms with Crippen molar-refractivity contribution in [2.45, 2.75) is 65.0 Å². The van der Waals surface area contributed by atoms with Crippen LogP contribution in [0.1, 0.15) is 53.4 Å². The van der Waals surface area contributed by atoms with Crippen molar-refractivity contribution in [1.82, 2.24) is 5.32 Å². The highest BCUT2D eigenvalue weighted by Crippen LogP contribution is 2.18. The zero-order valence-electron chi connectivity index (χ0n) is 13.0. The van der Waals surface area contributed by atoms with E-state index in [4.69, 9.17) is 9.47 Å². The SMILES string of the molecule is CC(NC(=O)CCC(=O)OC(C)(C)C)C1CCOCC1. The quantitative estimate of drug-likeness (QED) is 0.785. The number of ether oxygens (including phenoxy) is 2. The van der Waals surface area contributed by atoms with Gasteiger partial charge in [0.05, 0.1) is 6.42 Å². The molecular weight excluding hydrogens is 258 g/mol. The van der Waals surface area contributed by atoms with Crippen molar-refractivity contribution in [3.8, 4) is 0 Å². The molecule has 1 amide bonds. The van der Waals surface area contributed by atoms with Gasteiger partial charge >= 0.3 is 5.97 Å². The summed E-state index contributed by atoms with van der Waals surface area (Å²) in [6, 6.07) is 0.130. The average molecular weight is 285 g/mol. The molecule has 5 heteroatoms. The van der Waals surface area contributed by atoms with E-state index < -0.39 is 5.60 Å². The van der Waals surface area contributed by atoms with E-state index in [1.165, 1.54) is 0 Å². The van der Waals surface area contributed by atoms with Gasteiger partial charge in [0.1, 0.15) is 5.60 Å². The maximum absolute atomic E-state index is 11.8. The molecule has 5 nitrogen and oxygen atoms in total. The second-order valence-electron chi connectivity index (χ2n) is 6.39. The van der Waals surface area contributed by atoms with Gasteiger partial charge in [-0.2, -0.15) is 0 Å². The fraction of sp³-hybridized carbons (Fsp3) is 0.867. The number of amides is 1. The number of hydrogen-bond acceptors (Lipinski definition) is 4. The van der Waals surface area contributed by atoms with E-state index >= 15 is 0 Å². The van der Waals surface area contributed by atoms with E-state index in [0.29, 0.717) is 5.92 Å². The summed E-state index contributed by atoms with van der Waals surface area (Å²) in [5, 5.41) is 2.97. The van der Waals surface area contributed by atoms with E-state index in [1.54, 1.807) is 0 Å². The number of rotatable bonds is 5. The highest BCUT2D eigenvalue weighted by molar-refractivity contribution is 5.81. The van der Waals surface area contributed by atoms with Crippen molar-refractivity contribution in [2.24, 2.45) is 5.92 Å². The predicted molar refractivity (Wildman–Crippen MR) is 76.2 cm³/mol. The first-order valence-corrected chi connectivity index (χ1v) is 7.37. The summed E-state index contributed by atoms with van der Waals surface area (Å²) in [5.74, 6) is 0.0513. The molecule has 1 unspecified atom stereocenters. The van der Waals surface area contributed by atoms with Gasteiger partial charge in [-0.1, -0.05) is 0 Å². The lowest BCUT2D eigenvalue weighted by Crippen LogP contribution is -2.40. The van der Waals surface area contributed by atoms with E-state index in [2.05, 4.69) is 5.32 Å². The maximum Gasteiger partial charge on any atom is 0.306 e. The molecule has 1 fully saturated rings. The molecule has 1 heterocycles. The van der Waals surface area contributed by atoms with Crippen molar-refractivity contribution in [1.29, 1.82) is 0 Å². The van der Waals surface area contributed by atoms with E-state index in [-0.39, 0.29) is 30.8 Å². The molecule has 1 N–H and O–H groups in total. The minimum Gasteiger partial charge on any atom is -0.460 e. The van der Waals surface area contributed by atoms with Gasteiger partial charge in [-0.25, -0.2) is 0 Å². The Labute approximate surface area is 121 Å². The Hall–Kier alpha value is -1.10. The zero-order valence-corrected chi connectivity index (χ0v) is 13.0. The maximum atomic E-state index is 11.8. The van der Waals surface area contributed by atoms with Gasteiger partial charge in [0.2, 0.25) is 5.91 Å². The van der Waals surface area contributed by atoms with Crippen molar-refractivity contribution in [3.05, 3.63) is 0 Å². The molecule has 0 aromatic heterocycles. The molecule has 0 aromatic carbocycles. The Morgan fingerprint density at radius 1 is 1.25 bits per heavy atom. The Kier molecular flexibility index (Phi) is 6.46. The summed E-state index contributed by atoms with van der Waals surface area (Å²) < 4.78 is 10.5. The second-order valence-corrected chi connectivity index (χ2v) is 6.39. The summed E-state index contributed by atoms with van der Waals surface area (Å²) in [6.07, 6.45) is 2.27. The summed E-state index contributed by atoms with van der Waals surface area (Å²) in [6.45, 7) is 9.00. The summed E-state index contributed by atoms with van der Waals surface area (Å²) in [5.41, 5.74) is -0.497. The van der Waals surface area contributed by atoms with E-state index in [1.807, 2.05) is 27.7 Å². The van der Waals surface area contributed by atoms with Crippen molar-refractivity contribution < 1.29 is 19.1 Å². The molecular formula is C15H27NO4. The van der Waals surface area contributed by atoms with Crippen molar-refractivity contribution in [2.75, 3.05) is 13.2 Å². The van der Waals surface area contributed by atoms with Crippen LogP contribution in [0.3, 0.4) is 0 Å². The van der Waals surface area contributed by atoms with E-state index in [0.717, 1.165) is 26.1 Å². The predicted octanol–water partition coefficient (Wildman–Crippen LogP) is 2.04. The molecule has 0 spiro atoms. The summed E-state index contributed by atoms with van der Waals surface area (Å²) in [4.78, 5) is 23.3. The molecule has 1 rings (SSSR count). The zero-order chi connectivity index (χ0) is 15.2. The monoisotopic (exact) mass is 285 g/mol. The van der Waals surface area contributed by atoms with Crippen LogP contribution in [-0.4, -0.2) is 36.7 Å². The van der Waals surface area contributed by atoms with Crippen LogP contribution >= 0.6 is 0 Å². The molecule has 0 aromatic rings. The number of carbonyl (C=O) groups excluding carboxylic acids is 2. The Balaban J connectivity index is 2.24. The number of nitrogens with one attached hydrogen (secondary N) is 1. The lowest BCUT2D eigenvalue weighted by atomic mass is 9.93. The van der Waals surface area contributed by atoms with Crippen LogP contribution in [0.25, 0.3) is 0 Å². The van der Waals surface area contributed by atoms with Crippen LogP contribution in [-0.2, 0) is 19.1 Å². The number of hydrogen-bond donors (Lipinski definition) is 1. The molecule has 0 radical (unpaired) electrons. The first-order valence-electron chi connectivity index (χ1n) is 7.37. The van der Waals surface area contributed by atoms with Crippen LogP contribution in [0.4, 0.5) is 0 Å². The van der Waals surface area contributed by atoms with Gasteiger partial charge < -0.3 is 14.8 Å². The van der Waals surface area contributed by atoms with Crippen LogP contribution in [0.5, 0.6) is 0 Å². The third-order valence-corrected chi connectivity index (χ3v) is 3.34. The first kappa shape index (κ1) is 17.0. The molecule has 1 aliphatic heterocycles. The third kappa shape index (κ3) is 6.89. The Morgan fingerprint density at radius 3 is 2.40 bits per heavy atom. The van der Waals surface area contributed by atoms with Crippen LogP contribution in [0, 0.1) is 5.92 Å². The topological polar surface area (TPSA) is 64.6 Å². The molecule has 1 saturated heterocycles. The van der Waals surface area contributed by atoms with Gasteiger partial charge in [0, 0.05) is 25.7 Å². The van der Waals surface area contributed by atoms with Crippen molar-refractivity contribution in [3.63, 3.8) is 0 Å². The third-order valence-electron chi connectivity index (χ3n) is 3.34. The summed E-state index contributed by atoms with van der Waals surface area (Å²) >= 11 is 0. The van der Waals surface area contributed by atoms with Gasteiger partial charge in [-0.15, -0.1) is 0 Å². The van der Waals surface area contributed by atoms with Gasteiger partial charge in [-0.3, -0.25) is 9.59 Å². The number of carbonyl (C=O) groups is 2. The normalized spacial score (nSPS) is 18.4. The molecule has 0 saturated carbocycles. The lowest BCUT2D eigenvalue weighted by molar-refractivity contribution is -0.155. The smallest absolute Gasteiger partial charge is 0.306 e. The molecule has 0 bridgehead atoms. The van der Waals surface area contributed by atoms with Crippen LogP contribution < -0.4 is 5.32 Å². The summed E-state index contributed by atoms with van der Waals surface area (Å²) in [7, 11) is 0. The lowest BCUT2D eigenvalue weighted by Gasteiger charge is -2.28. The second kappa shape index (κ2) is 7.62. The molecule has 1 aliphatic rings. The Bertz CT molecular complexity index is 329. The van der Waals surface area contributed by atoms with Gasteiger partial charge in [-0.05, 0) is 46.5 Å². The van der Waals surface area contributed by atoms with Gasteiger partial charge in [0.15, 0.2) is 0 Å². The number of esters is 1. The van der Waals surface area contributed by atoms with Crippen molar-refractivity contribution >= 4 is 11.9 Å². The fourth-order valence-corrected chi connectivity index (χ4v) is 2.27. The molecule has 20 heavy (non-hydrogen) atoms. The van der Waals surface area contributed by atoms with E-state index in [9.17, 15) is 9.59 Å². The fourth-order valence-electron chi connectivity index (χ4n) is 2.27. The minimum atomic E-state index is -0.497. The molecule has 0 aliphatic carbocycles. The standard InChI is InChI=1S/C15H27NO4/c1-11(12-7-9-19-10-8-12)16-13(17)5-6-14(18)20-15(2,3)4/h11-12H,5-10H2,1-4H3,(H,16,17). The largest absolute Gasteiger partial charge is 0.460 e. The minimum absolute atomic E-state index is 0.0881. The first-order chi connectivity index (χ1) is 9.28.